The summed E-state index contributed by atoms with van der Waals surface area (Å²) >= 11 is 1.53. The highest BCUT2D eigenvalue weighted by atomic mass is 32.1. The molecule has 0 atom stereocenters. The van der Waals surface area contributed by atoms with Crippen molar-refractivity contribution in [3.8, 4) is 0 Å². The Bertz CT molecular complexity index is 800. The third-order valence-corrected chi connectivity index (χ3v) is 6.26. The van der Waals surface area contributed by atoms with Crippen LogP contribution in [0.15, 0.2) is 23.7 Å². The molecule has 2 aromatic rings. The number of likely N-dealkylation sites (tertiary alicyclic amines) is 1. The molecule has 138 valence electrons. The van der Waals surface area contributed by atoms with Crippen molar-refractivity contribution in [3.05, 3.63) is 34.2 Å². The van der Waals surface area contributed by atoms with Gasteiger partial charge in [-0.15, -0.1) is 11.3 Å². The van der Waals surface area contributed by atoms with Gasteiger partial charge in [0, 0.05) is 31.6 Å². The number of anilines is 1. The highest BCUT2D eigenvalue weighted by Crippen LogP contribution is 2.31. The van der Waals surface area contributed by atoms with Gasteiger partial charge in [-0.05, 0) is 49.6 Å². The first-order chi connectivity index (χ1) is 12.6. The van der Waals surface area contributed by atoms with Crippen LogP contribution in [-0.4, -0.2) is 39.5 Å². The van der Waals surface area contributed by atoms with E-state index in [2.05, 4.69) is 20.7 Å². The summed E-state index contributed by atoms with van der Waals surface area (Å²) in [5, 5.41) is 9.57. The van der Waals surface area contributed by atoms with E-state index in [4.69, 9.17) is 0 Å². The van der Waals surface area contributed by atoms with Gasteiger partial charge >= 0.3 is 0 Å². The minimum absolute atomic E-state index is 0.128. The lowest BCUT2D eigenvalue weighted by molar-refractivity contribution is -0.117. The summed E-state index contributed by atoms with van der Waals surface area (Å²) in [6.07, 6.45) is 5.80. The minimum Gasteiger partial charge on any atom is -0.311 e. The Balaban J connectivity index is 1.32. The maximum Gasteiger partial charge on any atom is 0.228 e. The van der Waals surface area contributed by atoms with Crippen molar-refractivity contribution in [3.63, 3.8) is 0 Å². The van der Waals surface area contributed by atoms with E-state index in [0.717, 1.165) is 56.0 Å². The fourth-order valence-electron chi connectivity index (χ4n) is 3.50. The lowest BCUT2D eigenvalue weighted by Crippen LogP contribution is -2.35. The summed E-state index contributed by atoms with van der Waals surface area (Å²) in [5.74, 6) is 1.29. The van der Waals surface area contributed by atoms with Gasteiger partial charge in [0.05, 0.1) is 17.1 Å². The summed E-state index contributed by atoms with van der Waals surface area (Å²) < 4.78 is 1.98. The predicted molar refractivity (Wildman–Crippen MR) is 101 cm³/mol. The Morgan fingerprint density at radius 3 is 2.69 bits per heavy atom. The molecule has 1 aliphatic heterocycles. The van der Waals surface area contributed by atoms with Crippen LogP contribution in [0, 0.1) is 5.92 Å². The number of hydrogen-bond acceptors (Lipinski definition) is 5. The molecule has 6 nitrogen and oxygen atoms in total. The van der Waals surface area contributed by atoms with Crippen LogP contribution in [-0.2, 0) is 11.3 Å². The van der Waals surface area contributed by atoms with Gasteiger partial charge in [-0.25, -0.2) is 4.68 Å². The van der Waals surface area contributed by atoms with Crippen molar-refractivity contribution in [2.45, 2.75) is 45.2 Å². The highest BCUT2D eigenvalue weighted by Gasteiger charge is 2.31. The smallest absolute Gasteiger partial charge is 0.228 e. The van der Waals surface area contributed by atoms with Gasteiger partial charge in [-0.2, -0.15) is 5.10 Å². The zero-order valence-electron chi connectivity index (χ0n) is 15.0. The number of thiophene rings is 1. The minimum atomic E-state index is 0.128. The topological polar surface area (TPSA) is 67.2 Å². The number of hydrogen-bond donors (Lipinski definition) is 1. The summed E-state index contributed by atoms with van der Waals surface area (Å²) in [4.78, 5) is 26.7. The van der Waals surface area contributed by atoms with Crippen LogP contribution in [0.25, 0.3) is 0 Å². The van der Waals surface area contributed by atoms with Gasteiger partial charge in [0.2, 0.25) is 5.91 Å². The third-order valence-electron chi connectivity index (χ3n) is 5.18. The molecule has 1 amide bonds. The zero-order chi connectivity index (χ0) is 18.1. The molecule has 2 fully saturated rings. The monoisotopic (exact) mass is 372 g/mol. The molecule has 0 unspecified atom stereocenters. The van der Waals surface area contributed by atoms with Crippen LogP contribution >= 0.6 is 11.3 Å². The van der Waals surface area contributed by atoms with Gasteiger partial charge in [-0.3, -0.25) is 14.5 Å². The van der Waals surface area contributed by atoms with E-state index < -0.39 is 0 Å². The maximum absolute atomic E-state index is 12.0. The Morgan fingerprint density at radius 1 is 1.27 bits per heavy atom. The molecule has 0 bridgehead atoms. The SMILES string of the molecule is CC(=O)c1cc(CN2CCC(n3nccc3NC(=O)C3CC3)CC2)cs1. The Kier molecular flexibility index (Phi) is 4.91. The van der Waals surface area contributed by atoms with Gasteiger partial charge in [0.1, 0.15) is 5.82 Å². The molecule has 1 saturated carbocycles. The zero-order valence-corrected chi connectivity index (χ0v) is 15.8. The molecule has 1 N–H and O–H groups in total. The molecule has 1 saturated heterocycles. The van der Waals surface area contributed by atoms with Crippen LogP contribution in [0.1, 0.15) is 53.9 Å². The average molecular weight is 372 g/mol. The quantitative estimate of drug-likeness (QED) is 0.790. The Hall–Kier alpha value is -1.99. The van der Waals surface area contributed by atoms with Crippen molar-refractivity contribution in [2.75, 3.05) is 18.4 Å². The molecule has 0 radical (unpaired) electrons. The molecular weight excluding hydrogens is 348 g/mol. The highest BCUT2D eigenvalue weighted by molar-refractivity contribution is 7.12. The maximum atomic E-state index is 12.0. The fourth-order valence-corrected chi connectivity index (χ4v) is 4.31. The predicted octanol–water partition coefficient (Wildman–Crippen LogP) is 3.33. The molecule has 3 heterocycles. The molecule has 0 aromatic carbocycles. The van der Waals surface area contributed by atoms with E-state index in [0.29, 0.717) is 6.04 Å². The first-order valence-corrected chi connectivity index (χ1v) is 10.1. The number of aromatic nitrogens is 2. The number of rotatable bonds is 6. The molecular formula is C19H24N4O2S. The summed E-state index contributed by atoms with van der Waals surface area (Å²) in [6, 6.07) is 4.23. The second kappa shape index (κ2) is 7.32. The van der Waals surface area contributed by atoms with Crippen LogP contribution < -0.4 is 5.32 Å². The number of carbonyl (C=O) groups excluding carboxylic acids is 2. The number of Topliss-reactive ketones (excluding diaryl/α,β-unsaturated/α-hetero) is 1. The molecule has 1 aliphatic carbocycles. The van der Waals surface area contributed by atoms with Crippen molar-refractivity contribution in [2.24, 2.45) is 5.92 Å². The van der Waals surface area contributed by atoms with Gasteiger partial charge in [0.25, 0.3) is 0 Å². The van der Waals surface area contributed by atoms with Gasteiger partial charge < -0.3 is 5.32 Å². The second-order valence-electron chi connectivity index (χ2n) is 7.31. The number of nitrogens with one attached hydrogen (secondary N) is 1. The van der Waals surface area contributed by atoms with E-state index in [1.54, 1.807) is 13.1 Å². The molecule has 2 aromatic heterocycles. The number of amides is 1. The lowest BCUT2D eigenvalue weighted by Gasteiger charge is -2.32. The largest absolute Gasteiger partial charge is 0.311 e. The number of ketones is 1. The van der Waals surface area contributed by atoms with Gasteiger partial charge in [-0.1, -0.05) is 0 Å². The van der Waals surface area contributed by atoms with Crippen molar-refractivity contribution in [1.29, 1.82) is 0 Å². The van der Waals surface area contributed by atoms with Crippen LogP contribution in [0.5, 0.6) is 0 Å². The normalized spacial score (nSPS) is 18.8. The third kappa shape index (κ3) is 3.88. The number of piperidine rings is 1. The first kappa shape index (κ1) is 17.4. The van der Waals surface area contributed by atoms with E-state index in [9.17, 15) is 9.59 Å². The number of nitrogens with zero attached hydrogens (tertiary/aromatic N) is 3. The van der Waals surface area contributed by atoms with Crippen molar-refractivity contribution < 1.29 is 9.59 Å². The Morgan fingerprint density at radius 2 is 2.04 bits per heavy atom. The summed E-state index contributed by atoms with van der Waals surface area (Å²) in [5.41, 5.74) is 1.22. The standard InChI is InChI=1S/C19H24N4O2S/c1-13(24)17-10-14(12-26-17)11-22-8-5-16(6-9-22)23-18(4-7-20-23)21-19(25)15-2-3-15/h4,7,10,12,15-16H,2-3,5-6,8-9,11H2,1H3,(H,21,25). The van der Waals surface area contributed by atoms with Crippen LogP contribution in [0.2, 0.25) is 0 Å². The summed E-state index contributed by atoms with van der Waals surface area (Å²) in [7, 11) is 0. The average Bonchev–Trinajstić information content (AvgIpc) is 3.21. The molecule has 2 aliphatic rings. The van der Waals surface area contributed by atoms with Crippen LogP contribution in [0.3, 0.4) is 0 Å². The number of carbonyl (C=O) groups is 2. The molecule has 26 heavy (non-hydrogen) atoms. The van der Waals surface area contributed by atoms with E-state index in [-0.39, 0.29) is 17.6 Å². The van der Waals surface area contributed by atoms with E-state index >= 15 is 0 Å². The first-order valence-electron chi connectivity index (χ1n) is 9.25. The van der Waals surface area contributed by atoms with E-state index in [1.807, 2.05) is 16.8 Å². The lowest BCUT2D eigenvalue weighted by atomic mass is 10.0. The Labute approximate surface area is 157 Å². The second-order valence-corrected chi connectivity index (χ2v) is 8.22. The molecule has 7 heteroatoms. The fraction of sp³-hybridized carbons (Fsp3) is 0.526. The van der Waals surface area contributed by atoms with Crippen molar-refractivity contribution >= 4 is 28.8 Å². The van der Waals surface area contributed by atoms with Crippen molar-refractivity contribution in [1.82, 2.24) is 14.7 Å². The summed E-state index contributed by atoms with van der Waals surface area (Å²) in [6.45, 7) is 4.49. The molecule has 4 rings (SSSR count). The molecule has 0 spiro atoms. The van der Waals surface area contributed by atoms with Crippen LogP contribution in [0.4, 0.5) is 5.82 Å². The van der Waals surface area contributed by atoms with Gasteiger partial charge in [0.15, 0.2) is 5.78 Å². The van der Waals surface area contributed by atoms with E-state index in [1.165, 1.54) is 16.9 Å².